The van der Waals surface area contributed by atoms with Crippen molar-refractivity contribution in [3.05, 3.63) is 52.8 Å². The molecule has 0 radical (unpaired) electrons. The van der Waals surface area contributed by atoms with Gasteiger partial charge in [0.25, 0.3) is 5.91 Å². The summed E-state index contributed by atoms with van der Waals surface area (Å²) in [6.07, 6.45) is 2.71. The van der Waals surface area contributed by atoms with E-state index in [0.29, 0.717) is 11.3 Å². The highest BCUT2D eigenvalue weighted by atomic mass is 35.5. The number of nitrogens with zero attached hydrogens (tertiary/aromatic N) is 2. The van der Waals surface area contributed by atoms with Crippen molar-refractivity contribution in [1.82, 2.24) is 10.2 Å². The van der Waals surface area contributed by atoms with Crippen LogP contribution >= 0.6 is 11.6 Å². The van der Waals surface area contributed by atoms with Crippen LogP contribution in [0.3, 0.4) is 0 Å². The molecular formula is C12H8ClN3O3. The van der Waals surface area contributed by atoms with E-state index in [2.05, 4.69) is 15.5 Å². The Bertz CT molecular complexity index is 631. The summed E-state index contributed by atoms with van der Waals surface area (Å²) in [6.45, 7) is 0. The molecule has 0 atom stereocenters. The lowest BCUT2D eigenvalue weighted by Gasteiger charge is -2.07. The highest BCUT2D eigenvalue weighted by molar-refractivity contribution is 6.34. The standard InChI is InChI=1S/C12H8ClN3O3/c13-9-5-7(12(18)19)1-2-10(9)16-11(17)8-3-4-14-15-6-8/h1-6H,(H,16,17)(H,18,19). The number of hydrogen-bond acceptors (Lipinski definition) is 4. The summed E-state index contributed by atoms with van der Waals surface area (Å²) in [4.78, 5) is 22.6. The molecule has 1 aromatic carbocycles. The van der Waals surface area contributed by atoms with Gasteiger partial charge in [0, 0.05) is 0 Å². The van der Waals surface area contributed by atoms with Crippen LogP contribution in [0.4, 0.5) is 5.69 Å². The molecule has 0 aliphatic carbocycles. The fourth-order valence-electron chi connectivity index (χ4n) is 1.37. The van der Waals surface area contributed by atoms with Gasteiger partial charge >= 0.3 is 5.97 Å². The molecule has 96 valence electrons. The maximum Gasteiger partial charge on any atom is 0.335 e. The van der Waals surface area contributed by atoms with Crippen molar-refractivity contribution in [2.24, 2.45) is 0 Å². The molecule has 0 saturated heterocycles. The normalized spacial score (nSPS) is 9.95. The van der Waals surface area contributed by atoms with Crippen molar-refractivity contribution in [3.8, 4) is 0 Å². The molecule has 0 spiro atoms. The molecule has 7 heteroatoms. The number of carboxylic acids is 1. The zero-order valence-corrected chi connectivity index (χ0v) is 10.3. The number of carbonyl (C=O) groups is 2. The topological polar surface area (TPSA) is 92.2 Å². The van der Waals surface area contributed by atoms with E-state index in [9.17, 15) is 9.59 Å². The van der Waals surface area contributed by atoms with Crippen LogP contribution in [-0.2, 0) is 0 Å². The van der Waals surface area contributed by atoms with Gasteiger partial charge in [0.1, 0.15) is 0 Å². The minimum absolute atomic E-state index is 0.0496. The molecule has 0 aliphatic heterocycles. The summed E-state index contributed by atoms with van der Waals surface area (Å²) in [6, 6.07) is 5.55. The predicted octanol–water partition coefficient (Wildman–Crippen LogP) is 2.08. The number of amides is 1. The molecule has 2 rings (SSSR count). The summed E-state index contributed by atoms with van der Waals surface area (Å²) >= 11 is 5.90. The van der Waals surface area contributed by atoms with E-state index in [0.717, 1.165) is 0 Å². The van der Waals surface area contributed by atoms with E-state index >= 15 is 0 Å². The van der Waals surface area contributed by atoms with Crippen molar-refractivity contribution in [2.75, 3.05) is 5.32 Å². The monoisotopic (exact) mass is 277 g/mol. The number of anilines is 1. The van der Waals surface area contributed by atoms with Gasteiger partial charge in [-0.05, 0) is 24.3 Å². The van der Waals surface area contributed by atoms with Crippen LogP contribution in [0.2, 0.25) is 5.02 Å². The third-order valence-electron chi connectivity index (χ3n) is 2.31. The van der Waals surface area contributed by atoms with Crippen LogP contribution in [-0.4, -0.2) is 27.2 Å². The molecule has 1 aromatic heterocycles. The first kappa shape index (κ1) is 13.0. The van der Waals surface area contributed by atoms with Gasteiger partial charge in [-0.2, -0.15) is 10.2 Å². The molecule has 1 heterocycles. The largest absolute Gasteiger partial charge is 0.478 e. The number of aromatic nitrogens is 2. The molecule has 0 unspecified atom stereocenters. The van der Waals surface area contributed by atoms with E-state index < -0.39 is 11.9 Å². The van der Waals surface area contributed by atoms with Gasteiger partial charge in [-0.15, -0.1) is 0 Å². The Morgan fingerprint density at radius 3 is 2.53 bits per heavy atom. The molecular weight excluding hydrogens is 270 g/mol. The van der Waals surface area contributed by atoms with Gasteiger partial charge in [0.15, 0.2) is 0 Å². The third kappa shape index (κ3) is 3.05. The van der Waals surface area contributed by atoms with Gasteiger partial charge in [0.2, 0.25) is 0 Å². The van der Waals surface area contributed by atoms with E-state index in [1.165, 1.54) is 36.7 Å². The van der Waals surface area contributed by atoms with E-state index in [4.69, 9.17) is 16.7 Å². The molecule has 6 nitrogen and oxygen atoms in total. The average molecular weight is 278 g/mol. The quantitative estimate of drug-likeness (QED) is 0.896. The number of halogens is 1. The maximum absolute atomic E-state index is 11.8. The highest BCUT2D eigenvalue weighted by Crippen LogP contribution is 2.23. The second kappa shape index (κ2) is 5.45. The molecule has 0 bridgehead atoms. The van der Waals surface area contributed by atoms with Crippen molar-refractivity contribution in [3.63, 3.8) is 0 Å². The lowest BCUT2D eigenvalue weighted by atomic mass is 10.2. The van der Waals surface area contributed by atoms with Crippen LogP contribution in [0.5, 0.6) is 0 Å². The van der Waals surface area contributed by atoms with Crippen LogP contribution in [0.1, 0.15) is 20.7 Å². The Kier molecular flexibility index (Phi) is 3.72. The molecule has 2 N–H and O–H groups in total. The minimum atomic E-state index is -1.09. The smallest absolute Gasteiger partial charge is 0.335 e. The van der Waals surface area contributed by atoms with Gasteiger partial charge < -0.3 is 10.4 Å². The van der Waals surface area contributed by atoms with Gasteiger partial charge in [0.05, 0.1) is 34.2 Å². The highest BCUT2D eigenvalue weighted by Gasteiger charge is 2.11. The van der Waals surface area contributed by atoms with Gasteiger partial charge in [-0.3, -0.25) is 4.79 Å². The zero-order chi connectivity index (χ0) is 13.8. The summed E-state index contributed by atoms with van der Waals surface area (Å²) in [5.74, 6) is -1.49. The third-order valence-corrected chi connectivity index (χ3v) is 2.62. The lowest BCUT2D eigenvalue weighted by Crippen LogP contribution is -2.13. The van der Waals surface area contributed by atoms with E-state index in [1.807, 2.05) is 0 Å². The van der Waals surface area contributed by atoms with Crippen LogP contribution < -0.4 is 5.32 Å². The predicted molar refractivity (Wildman–Crippen MR) is 68.4 cm³/mol. The summed E-state index contributed by atoms with van der Waals surface area (Å²) in [5.41, 5.74) is 0.704. The Balaban J connectivity index is 2.20. The Hall–Kier alpha value is -2.47. The number of carboxylic acid groups (broad SMARTS) is 1. The van der Waals surface area contributed by atoms with Crippen LogP contribution in [0.25, 0.3) is 0 Å². The van der Waals surface area contributed by atoms with Crippen LogP contribution in [0.15, 0.2) is 36.7 Å². The fraction of sp³-hybridized carbons (Fsp3) is 0. The number of aromatic carboxylic acids is 1. The second-order valence-electron chi connectivity index (χ2n) is 3.59. The molecule has 0 aliphatic rings. The van der Waals surface area contributed by atoms with Crippen molar-refractivity contribution in [1.29, 1.82) is 0 Å². The summed E-state index contributed by atoms with van der Waals surface area (Å²) in [7, 11) is 0. The Labute approximate surface area is 113 Å². The fourth-order valence-corrected chi connectivity index (χ4v) is 1.60. The lowest BCUT2D eigenvalue weighted by molar-refractivity contribution is 0.0696. The minimum Gasteiger partial charge on any atom is -0.478 e. The number of hydrogen-bond donors (Lipinski definition) is 2. The number of carbonyl (C=O) groups excluding carboxylic acids is 1. The molecule has 2 aromatic rings. The maximum atomic E-state index is 11.8. The molecule has 19 heavy (non-hydrogen) atoms. The molecule has 1 amide bonds. The average Bonchev–Trinajstić information content (AvgIpc) is 2.41. The van der Waals surface area contributed by atoms with E-state index in [1.54, 1.807) is 0 Å². The first-order valence-corrected chi connectivity index (χ1v) is 5.56. The summed E-state index contributed by atoms with van der Waals surface area (Å²) < 4.78 is 0. The Morgan fingerprint density at radius 2 is 1.95 bits per heavy atom. The van der Waals surface area contributed by atoms with Gasteiger partial charge in [-0.1, -0.05) is 11.6 Å². The van der Waals surface area contributed by atoms with Crippen molar-refractivity contribution >= 4 is 29.2 Å². The SMILES string of the molecule is O=C(O)c1ccc(NC(=O)c2ccnnc2)c(Cl)c1. The number of nitrogens with one attached hydrogen (secondary N) is 1. The zero-order valence-electron chi connectivity index (χ0n) is 9.50. The number of rotatable bonds is 3. The van der Waals surface area contributed by atoms with Crippen LogP contribution in [0, 0.1) is 0 Å². The first-order valence-electron chi connectivity index (χ1n) is 5.19. The molecule has 0 saturated carbocycles. The first-order chi connectivity index (χ1) is 9.08. The molecule has 0 fully saturated rings. The van der Waals surface area contributed by atoms with E-state index in [-0.39, 0.29) is 10.6 Å². The second-order valence-corrected chi connectivity index (χ2v) is 3.99. The Morgan fingerprint density at radius 1 is 1.16 bits per heavy atom. The van der Waals surface area contributed by atoms with Crippen molar-refractivity contribution < 1.29 is 14.7 Å². The summed E-state index contributed by atoms with van der Waals surface area (Å²) in [5, 5.41) is 18.7. The number of benzene rings is 1. The van der Waals surface area contributed by atoms with Gasteiger partial charge in [-0.25, -0.2) is 4.79 Å². The van der Waals surface area contributed by atoms with Crippen molar-refractivity contribution in [2.45, 2.75) is 0 Å².